The van der Waals surface area contributed by atoms with Gasteiger partial charge in [-0.1, -0.05) is 32.0 Å². The molecule has 0 saturated carbocycles. The first-order chi connectivity index (χ1) is 12.6. The van der Waals surface area contributed by atoms with Gasteiger partial charge in [0.15, 0.2) is 11.8 Å². The van der Waals surface area contributed by atoms with Crippen LogP contribution in [0.5, 0.6) is 0 Å². The molecule has 0 bridgehead atoms. The van der Waals surface area contributed by atoms with Gasteiger partial charge in [-0.05, 0) is 37.1 Å². The third-order valence-corrected chi connectivity index (χ3v) is 4.79. The lowest BCUT2D eigenvalue weighted by Crippen LogP contribution is -2.38. The Morgan fingerprint density at radius 3 is 2.81 bits per heavy atom. The maximum absolute atomic E-state index is 5.28. The summed E-state index contributed by atoms with van der Waals surface area (Å²) in [5, 5.41) is 12.8. The van der Waals surface area contributed by atoms with E-state index in [-0.39, 0.29) is 0 Å². The van der Waals surface area contributed by atoms with Crippen LogP contribution in [0.3, 0.4) is 0 Å². The van der Waals surface area contributed by atoms with Crippen molar-refractivity contribution >= 4 is 17.3 Å². The van der Waals surface area contributed by atoms with E-state index in [0.717, 1.165) is 50.7 Å². The van der Waals surface area contributed by atoms with Gasteiger partial charge >= 0.3 is 0 Å². The van der Waals surface area contributed by atoms with Crippen LogP contribution in [0.25, 0.3) is 0 Å². The van der Waals surface area contributed by atoms with Gasteiger partial charge in [0.1, 0.15) is 0 Å². The number of aliphatic imine (C=N–C) groups is 1. The van der Waals surface area contributed by atoms with Gasteiger partial charge in [-0.3, -0.25) is 4.99 Å². The lowest BCUT2D eigenvalue weighted by molar-refractivity contribution is 0.368. The SMILES string of the molecule is CCNC(=NCC(C)Cc1cccs1)NCCCc1nc(C(C)C)no1. The quantitative estimate of drug-likeness (QED) is 0.376. The summed E-state index contributed by atoms with van der Waals surface area (Å²) < 4.78 is 5.28. The Labute approximate surface area is 160 Å². The molecule has 0 aliphatic heterocycles. The van der Waals surface area contributed by atoms with Gasteiger partial charge in [0.05, 0.1) is 0 Å². The summed E-state index contributed by atoms with van der Waals surface area (Å²) >= 11 is 1.81. The summed E-state index contributed by atoms with van der Waals surface area (Å²) in [5.41, 5.74) is 0. The Hall–Kier alpha value is -1.89. The lowest BCUT2D eigenvalue weighted by Gasteiger charge is -2.13. The summed E-state index contributed by atoms with van der Waals surface area (Å²) in [4.78, 5) is 10.5. The molecule has 1 unspecified atom stereocenters. The number of aryl methyl sites for hydroxylation is 1. The molecule has 2 aromatic rings. The fraction of sp³-hybridized carbons (Fsp3) is 0.632. The molecule has 0 aromatic carbocycles. The highest BCUT2D eigenvalue weighted by molar-refractivity contribution is 7.09. The Morgan fingerprint density at radius 2 is 2.15 bits per heavy atom. The Morgan fingerprint density at radius 1 is 1.31 bits per heavy atom. The molecule has 2 heterocycles. The summed E-state index contributed by atoms with van der Waals surface area (Å²) in [6.07, 6.45) is 2.78. The van der Waals surface area contributed by atoms with E-state index >= 15 is 0 Å². The van der Waals surface area contributed by atoms with Gasteiger partial charge in [0, 0.05) is 36.9 Å². The number of nitrogens with zero attached hydrogens (tertiary/aromatic N) is 3. The number of aromatic nitrogens is 2. The van der Waals surface area contributed by atoms with E-state index in [1.165, 1.54) is 4.88 Å². The van der Waals surface area contributed by atoms with Crippen LogP contribution in [0.15, 0.2) is 27.0 Å². The predicted octanol–water partition coefficient (Wildman–Crippen LogP) is 3.62. The molecule has 1 atom stereocenters. The first kappa shape index (κ1) is 20.4. The number of thiophene rings is 1. The molecule has 0 spiro atoms. The Kier molecular flexibility index (Phi) is 8.61. The van der Waals surface area contributed by atoms with E-state index in [2.05, 4.69) is 66.0 Å². The van der Waals surface area contributed by atoms with Crippen LogP contribution in [0, 0.1) is 5.92 Å². The molecule has 2 rings (SSSR count). The first-order valence-electron chi connectivity index (χ1n) is 9.45. The second kappa shape index (κ2) is 11.0. The monoisotopic (exact) mass is 377 g/mol. The molecule has 144 valence electrons. The highest BCUT2D eigenvalue weighted by Crippen LogP contribution is 2.14. The molecule has 0 aliphatic carbocycles. The van der Waals surface area contributed by atoms with E-state index in [4.69, 9.17) is 9.52 Å². The molecule has 7 heteroatoms. The molecule has 0 saturated heterocycles. The van der Waals surface area contributed by atoms with Crippen LogP contribution in [0.4, 0.5) is 0 Å². The number of hydrogen-bond donors (Lipinski definition) is 2. The second-order valence-electron chi connectivity index (χ2n) is 6.84. The molecule has 26 heavy (non-hydrogen) atoms. The lowest BCUT2D eigenvalue weighted by atomic mass is 10.1. The van der Waals surface area contributed by atoms with Crippen LogP contribution >= 0.6 is 11.3 Å². The van der Waals surface area contributed by atoms with E-state index in [1.807, 2.05) is 11.3 Å². The highest BCUT2D eigenvalue weighted by Gasteiger charge is 2.09. The summed E-state index contributed by atoms with van der Waals surface area (Å²) in [6, 6.07) is 4.30. The Bertz CT molecular complexity index is 651. The zero-order valence-corrected chi connectivity index (χ0v) is 17.1. The van der Waals surface area contributed by atoms with Crippen molar-refractivity contribution in [2.75, 3.05) is 19.6 Å². The highest BCUT2D eigenvalue weighted by atomic mass is 32.1. The van der Waals surface area contributed by atoms with Crippen molar-refractivity contribution in [3.63, 3.8) is 0 Å². The zero-order chi connectivity index (χ0) is 18.8. The van der Waals surface area contributed by atoms with Gasteiger partial charge in [0.25, 0.3) is 0 Å². The molecule has 0 aliphatic rings. The number of nitrogens with one attached hydrogen (secondary N) is 2. The van der Waals surface area contributed by atoms with E-state index in [9.17, 15) is 0 Å². The third-order valence-electron chi connectivity index (χ3n) is 3.90. The molecule has 0 radical (unpaired) electrons. The molecular formula is C19H31N5OS. The normalized spacial score (nSPS) is 13.2. The van der Waals surface area contributed by atoms with Gasteiger partial charge in [-0.25, -0.2) is 0 Å². The van der Waals surface area contributed by atoms with Crippen LogP contribution < -0.4 is 10.6 Å². The number of rotatable bonds is 10. The average molecular weight is 378 g/mol. The second-order valence-corrected chi connectivity index (χ2v) is 7.87. The van der Waals surface area contributed by atoms with Gasteiger partial charge in [-0.15, -0.1) is 11.3 Å². The van der Waals surface area contributed by atoms with Crippen molar-refractivity contribution in [1.29, 1.82) is 0 Å². The molecule has 2 N–H and O–H groups in total. The first-order valence-corrected chi connectivity index (χ1v) is 10.3. The van der Waals surface area contributed by atoms with Crippen LogP contribution in [0.2, 0.25) is 0 Å². The van der Waals surface area contributed by atoms with Crippen LogP contribution in [-0.2, 0) is 12.8 Å². The van der Waals surface area contributed by atoms with E-state index in [0.29, 0.717) is 17.7 Å². The van der Waals surface area contributed by atoms with Crippen molar-refractivity contribution in [3.8, 4) is 0 Å². The minimum Gasteiger partial charge on any atom is -0.357 e. The summed E-state index contributed by atoms with van der Waals surface area (Å²) in [5.74, 6) is 3.19. The molecule has 6 nitrogen and oxygen atoms in total. The van der Waals surface area contributed by atoms with Crippen molar-refractivity contribution in [2.24, 2.45) is 10.9 Å². The van der Waals surface area contributed by atoms with Crippen LogP contribution in [0.1, 0.15) is 56.6 Å². The topological polar surface area (TPSA) is 75.3 Å². The van der Waals surface area contributed by atoms with E-state index < -0.39 is 0 Å². The maximum atomic E-state index is 5.28. The maximum Gasteiger partial charge on any atom is 0.226 e. The average Bonchev–Trinajstić information content (AvgIpc) is 3.28. The van der Waals surface area contributed by atoms with Crippen LogP contribution in [-0.4, -0.2) is 35.7 Å². The van der Waals surface area contributed by atoms with Crippen molar-refractivity contribution in [2.45, 2.75) is 52.9 Å². The zero-order valence-electron chi connectivity index (χ0n) is 16.3. The number of guanidine groups is 1. The van der Waals surface area contributed by atoms with Crippen molar-refractivity contribution in [3.05, 3.63) is 34.1 Å². The molecule has 2 aromatic heterocycles. The smallest absolute Gasteiger partial charge is 0.226 e. The van der Waals surface area contributed by atoms with E-state index in [1.54, 1.807) is 0 Å². The standard InChI is InChI=1S/C19H31N5OS/c1-5-20-19(22-13-15(4)12-16-8-7-11-26-16)21-10-6-9-17-23-18(14(2)3)24-25-17/h7-8,11,14-15H,5-6,9-10,12-13H2,1-4H3,(H2,20,21,22). The van der Waals surface area contributed by atoms with Gasteiger partial charge in [-0.2, -0.15) is 4.98 Å². The predicted molar refractivity (Wildman–Crippen MR) is 108 cm³/mol. The third kappa shape index (κ3) is 7.15. The largest absolute Gasteiger partial charge is 0.357 e. The molecule has 0 amide bonds. The van der Waals surface area contributed by atoms with Crippen molar-refractivity contribution < 1.29 is 4.52 Å². The minimum absolute atomic E-state index is 0.300. The summed E-state index contributed by atoms with van der Waals surface area (Å²) in [7, 11) is 0. The Balaban J connectivity index is 1.72. The fourth-order valence-corrected chi connectivity index (χ4v) is 3.35. The van der Waals surface area contributed by atoms with Gasteiger partial charge < -0.3 is 15.2 Å². The minimum atomic E-state index is 0.300. The molecular weight excluding hydrogens is 346 g/mol. The summed E-state index contributed by atoms with van der Waals surface area (Å²) in [6.45, 7) is 10.9. The fourth-order valence-electron chi connectivity index (χ4n) is 2.48. The number of hydrogen-bond acceptors (Lipinski definition) is 5. The van der Waals surface area contributed by atoms with Gasteiger partial charge in [0.2, 0.25) is 5.89 Å². The molecule has 0 fully saturated rings. The van der Waals surface area contributed by atoms with Crippen molar-refractivity contribution in [1.82, 2.24) is 20.8 Å².